The van der Waals surface area contributed by atoms with Crippen molar-refractivity contribution in [3.8, 4) is 22.8 Å². The third-order valence-corrected chi connectivity index (χ3v) is 4.43. The fraction of sp³-hybridized carbons (Fsp3) is 0.0952. The van der Waals surface area contributed by atoms with Gasteiger partial charge < -0.3 is 19.2 Å². The Hall–Kier alpha value is -2.89. The number of anilines is 1. The minimum absolute atomic E-state index is 0.339. The summed E-state index contributed by atoms with van der Waals surface area (Å²) in [6.07, 6.45) is 2.93. The summed E-state index contributed by atoms with van der Waals surface area (Å²) in [4.78, 5) is 12.3. The Labute approximate surface area is 172 Å². The maximum absolute atomic E-state index is 12.3. The zero-order chi connectivity index (χ0) is 20.1. The van der Waals surface area contributed by atoms with Crippen molar-refractivity contribution in [2.75, 3.05) is 19.5 Å². The summed E-state index contributed by atoms with van der Waals surface area (Å²) in [5, 5.41) is 3.78. The molecule has 0 radical (unpaired) electrons. The average Bonchev–Trinajstić information content (AvgIpc) is 3.15. The van der Waals surface area contributed by atoms with Gasteiger partial charge in [-0.1, -0.05) is 23.2 Å². The molecular weight excluding hydrogens is 401 g/mol. The van der Waals surface area contributed by atoms with E-state index in [0.29, 0.717) is 38.8 Å². The maximum atomic E-state index is 12.3. The van der Waals surface area contributed by atoms with Crippen molar-refractivity contribution in [3.63, 3.8) is 0 Å². The van der Waals surface area contributed by atoms with Crippen molar-refractivity contribution in [2.24, 2.45) is 0 Å². The highest BCUT2D eigenvalue weighted by molar-refractivity contribution is 6.36. The van der Waals surface area contributed by atoms with E-state index in [9.17, 15) is 4.79 Å². The van der Waals surface area contributed by atoms with Crippen molar-refractivity contribution in [1.82, 2.24) is 0 Å². The summed E-state index contributed by atoms with van der Waals surface area (Å²) < 4.78 is 16.1. The van der Waals surface area contributed by atoms with Crippen LogP contribution in [0.15, 0.2) is 59.0 Å². The number of hydrogen-bond donors (Lipinski definition) is 1. The fourth-order valence-electron chi connectivity index (χ4n) is 2.52. The van der Waals surface area contributed by atoms with E-state index in [1.165, 1.54) is 13.2 Å². The SMILES string of the molecule is COc1ccc(OC)c(NC(=O)C=Cc2ccc(-c3ccc(Cl)cc3Cl)o2)c1. The van der Waals surface area contributed by atoms with Crippen LogP contribution >= 0.6 is 23.2 Å². The van der Waals surface area contributed by atoms with Crippen LogP contribution in [0.3, 0.4) is 0 Å². The number of ether oxygens (including phenoxy) is 2. The van der Waals surface area contributed by atoms with Gasteiger partial charge in [-0.05, 0) is 48.5 Å². The van der Waals surface area contributed by atoms with Gasteiger partial charge in [-0.3, -0.25) is 4.79 Å². The van der Waals surface area contributed by atoms with Gasteiger partial charge in [0.05, 0.1) is 24.9 Å². The lowest BCUT2D eigenvalue weighted by molar-refractivity contribution is -0.111. The molecule has 1 N–H and O–H groups in total. The van der Waals surface area contributed by atoms with E-state index in [2.05, 4.69) is 5.32 Å². The molecule has 0 unspecified atom stereocenters. The van der Waals surface area contributed by atoms with Gasteiger partial charge in [-0.25, -0.2) is 0 Å². The molecule has 144 valence electrons. The molecule has 0 saturated heterocycles. The van der Waals surface area contributed by atoms with Crippen LogP contribution in [0.4, 0.5) is 5.69 Å². The third-order valence-electron chi connectivity index (χ3n) is 3.89. The van der Waals surface area contributed by atoms with E-state index in [1.807, 2.05) is 0 Å². The smallest absolute Gasteiger partial charge is 0.248 e. The van der Waals surface area contributed by atoms with E-state index in [1.54, 1.807) is 61.7 Å². The molecule has 0 bridgehead atoms. The Balaban J connectivity index is 1.72. The van der Waals surface area contributed by atoms with Crippen LogP contribution in [0.5, 0.6) is 11.5 Å². The molecule has 0 atom stereocenters. The van der Waals surface area contributed by atoms with Gasteiger partial charge in [0.15, 0.2) is 0 Å². The van der Waals surface area contributed by atoms with Gasteiger partial charge in [-0.15, -0.1) is 0 Å². The minimum Gasteiger partial charge on any atom is -0.497 e. The van der Waals surface area contributed by atoms with Crippen molar-refractivity contribution in [1.29, 1.82) is 0 Å². The van der Waals surface area contributed by atoms with Crippen LogP contribution in [-0.4, -0.2) is 20.1 Å². The molecule has 3 rings (SSSR count). The molecule has 28 heavy (non-hydrogen) atoms. The molecule has 7 heteroatoms. The van der Waals surface area contributed by atoms with Crippen LogP contribution in [-0.2, 0) is 4.79 Å². The normalized spacial score (nSPS) is 10.9. The van der Waals surface area contributed by atoms with Crippen molar-refractivity contribution in [2.45, 2.75) is 0 Å². The highest BCUT2D eigenvalue weighted by atomic mass is 35.5. The number of carbonyl (C=O) groups excluding carboxylic acids is 1. The number of amides is 1. The van der Waals surface area contributed by atoms with Gasteiger partial charge in [0.1, 0.15) is 23.0 Å². The summed E-state index contributed by atoms with van der Waals surface area (Å²) in [5.74, 6) is 1.88. The number of carbonyl (C=O) groups is 1. The first-order valence-electron chi connectivity index (χ1n) is 8.26. The third kappa shape index (κ3) is 4.68. The molecule has 5 nitrogen and oxygen atoms in total. The Morgan fingerprint density at radius 1 is 1.04 bits per heavy atom. The van der Waals surface area contributed by atoms with Crippen LogP contribution in [0.1, 0.15) is 5.76 Å². The predicted molar refractivity (Wildman–Crippen MR) is 111 cm³/mol. The monoisotopic (exact) mass is 417 g/mol. The zero-order valence-electron chi connectivity index (χ0n) is 15.2. The summed E-state index contributed by atoms with van der Waals surface area (Å²) in [7, 11) is 3.08. The van der Waals surface area contributed by atoms with Crippen molar-refractivity contribution >= 4 is 40.9 Å². The standard InChI is InChI=1S/C21H17Cl2NO4/c1-26-15-5-9-20(27-2)18(12-15)24-21(25)10-6-14-4-8-19(28-14)16-7-3-13(22)11-17(16)23/h3-12H,1-2H3,(H,24,25). The van der Waals surface area contributed by atoms with Crippen LogP contribution < -0.4 is 14.8 Å². The first kappa shape index (κ1) is 19.9. The summed E-state index contributed by atoms with van der Waals surface area (Å²) in [6, 6.07) is 13.8. The molecule has 0 aliphatic rings. The van der Waals surface area contributed by atoms with Crippen LogP contribution in [0.25, 0.3) is 17.4 Å². The highest BCUT2D eigenvalue weighted by Crippen LogP contribution is 2.32. The number of hydrogen-bond acceptors (Lipinski definition) is 4. The molecule has 0 aliphatic heterocycles. The molecule has 1 amide bonds. The lowest BCUT2D eigenvalue weighted by atomic mass is 10.2. The van der Waals surface area contributed by atoms with Gasteiger partial charge in [0, 0.05) is 22.7 Å². The highest BCUT2D eigenvalue weighted by Gasteiger charge is 2.10. The summed E-state index contributed by atoms with van der Waals surface area (Å²) in [5.41, 5.74) is 1.22. The molecule has 0 fully saturated rings. The fourth-order valence-corrected chi connectivity index (χ4v) is 3.02. The summed E-state index contributed by atoms with van der Waals surface area (Å²) in [6.45, 7) is 0. The number of nitrogens with one attached hydrogen (secondary N) is 1. The first-order valence-corrected chi connectivity index (χ1v) is 9.02. The van der Waals surface area contributed by atoms with E-state index in [-0.39, 0.29) is 5.91 Å². The lowest BCUT2D eigenvalue weighted by Crippen LogP contribution is -2.09. The lowest BCUT2D eigenvalue weighted by Gasteiger charge is -2.10. The molecule has 1 heterocycles. The minimum atomic E-state index is -0.339. The van der Waals surface area contributed by atoms with Crippen molar-refractivity contribution in [3.05, 3.63) is 70.4 Å². The first-order chi connectivity index (χ1) is 13.5. The van der Waals surface area contributed by atoms with Gasteiger partial charge in [-0.2, -0.15) is 0 Å². The Morgan fingerprint density at radius 2 is 1.86 bits per heavy atom. The van der Waals surface area contributed by atoms with Gasteiger partial charge in [0.2, 0.25) is 5.91 Å². The Kier molecular flexibility index (Phi) is 6.29. The average molecular weight is 418 g/mol. The van der Waals surface area contributed by atoms with Gasteiger partial charge in [0.25, 0.3) is 0 Å². The quantitative estimate of drug-likeness (QED) is 0.505. The topological polar surface area (TPSA) is 60.7 Å². The number of furan rings is 1. The number of benzene rings is 2. The number of halogens is 2. The molecule has 0 spiro atoms. The second-order valence-corrected chi connectivity index (χ2v) is 6.56. The number of rotatable bonds is 6. The largest absolute Gasteiger partial charge is 0.497 e. The van der Waals surface area contributed by atoms with E-state index in [4.69, 9.17) is 37.1 Å². The predicted octanol–water partition coefficient (Wildman–Crippen LogP) is 5.92. The summed E-state index contributed by atoms with van der Waals surface area (Å²) >= 11 is 12.1. The van der Waals surface area contributed by atoms with E-state index < -0.39 is 0 Å². The zero-order valence-corrected chi connectivity index (χ0v) is 16.7. The number of methoxy groups -OCH3 is 2. The second kappa shape index (κ2) is 8.87. The molecule has 2 aromatic carbocycles. The molecule has 0 saturated carbocycles. The van der Waals surface area contributed by atoms with Gasteiger partial charge >= 0.3 is 0 Å². The van der Waals surface area contributed by atoms with Crippen molar-refractivity contribution < 1.29 is 18.7 Å². The molecule has 0 aliphatic carbocycles. The maximum Gasteiger partial charge on any atom is 0.248 e. The van der Waals surface area contributed by atoms with E-state index in [0.717, 1.165) is 5.56 Å². The second-order valence-electron chi connectivity index (χ2n) is 5.71. The Bertz CT molecular complexity index is 1030. The van der Waals surface area contributed by atoms with Crippen LogP contribution in [0.2, 0.25) is 10.0 Å². The molecule has 1 aromatic heterocycles. The molecule has 3 aromatic rings. The van der Waals surface area contributed by atoms with Crippen LogP contribution in [0, 0.1) is 0 Å². The van der Waals surface area contributed by atoms with E-state index >= 15 is 0 Å². The molecular formula is C21H17Cl2NO4. The Morgan fingerprint density at radius 3 is 2.57 bits per heavy atom.